The molecule has 1 aromatic carbocycles. The molecule has 2 saturated carbocycles. The molecule has 1 heterocycles. The fraction of sp³-hybridized carbons (Fsp3) is 0.679. The highest BCUT2D eigenvalue weighted by atomic mass is 16.5. The summed E-state index contributed by atoms with van der Waals surface area (Å²) in [5, 5.41) is 3.01. The van der Waals surface area contributed by atoms with E-state index in [0.717, 1.165) is 38.5 Å². The van der Waals surface area contributed by atoms with E-state index >= 15 is 0 Å². The molecule has 8 heteroatoms. The van der Waals surface area contributed by atoms with E-state index in [1.165, 1.54) is 0 Å². The van der Waals surface area contributed by atoms with Crippen molar-refractivity contribution >= 4 is 23.4 Å². The number of carbonyl (C=O) groups is 3. The van der Waals surface area contributed by atoms with Crippen molar-refractivity contribution in [2.75, 3.05) is 39.2 Å². The number of methoxy groups -OCH3 is 1. The molecule has 0 aromatic heterocycles. The van der Waals surface area contributed by atoms with Crippen LogP contribution in [0.4, 0.5) is 5.69 Å². The average Bonchev–Trinajstić information content (AvgIpc) is 3.49. The van der Waals surface area contributed by atoms with Crippen LogP contribution in [0.1, 0.15) is 69.2 Å². The minimum absolute atomic E-state index is 0.0196. The Kier molecular flexibility index (Phi) is 8.54. The van der Waals surface area contributed by atoms with Gasteiger partial charge in [-0.05, 0) is 50.7 Å². The van der Waals surface area contributed by atoms with E-state index < -0.39 is 0 Å². The van der Waals surface area contributed by atoms with Crippen molar-refractivity contribution in [2.45, 2.75) is 70.9 Å². The van der Waals surface area contributed by atoms with E-state index in [0.29, 0.717) is 42.4 Å². The molecule has 2 fully saturated rings. The van der Waals surface area contributed by atoms with Crippen LogP contribution in [0.5, 0.6) is 5.75 Å². The third-order valence-electron chi connectivity index (χ3n) is 7.92. The second-order valence-electron chi connectivity index (χ2n) is 11.0. The quantitative estimate of drug-likeness (QED) is 0.663. The molecule has 36 heavy (non-hydrogen) atoms. The first-order chi connectivity index (χ1) is 17.3. The van der Waals surface area contributed by atoms with Gasteiger partial charge in [0.2, 0.25) is 11.8 Å². The lowest BCUT2D eigenvalue weighted by atomic mass is 10.0. The Labute approximate surface area is 214 Å². The van der Waals surface area contributed by atoms with E-state index in [4.69, 9.17) is 9.47 Å². The third-order valence-corrected chi connectivity index (χ3v) is 7.92. The molecule has 3 amide bonds. The second kappa shape index (κ2) is 11.6. The molecule has 1 aromatic rings. The Morgan fingerprint density at radius 3 is 2.50 bits per heavy atom. The Bertz CT molecular complexity index is 957. The van der Waals surface area contributed by atoms with Crippen LogP contribution < -0.4 is 10.1 Å². The highest BCUT2D eigenvalue weighted by Crippen LogP contribution is 2.34. The number of likely N-dealkylation sites (N-methyl/N-ethyl adjacent to an activating group) is 1. The van der Waals surface area contributed by atoms with Gasteiger partial charge in [-0.3, -0.25) is 14.4 Å². The molecule has 4 rings (SSSR count). The van der Waals surface area contributed by atoms with Gasteiger partial charge in [0.05, 0.1) is 17.7 Å². The molecule has 0 saturated heterocycles. The number of nitrogens with zero attached hydrogens (tertiary/aromatic N) is 2. The first kappa shape index (κ1) is 26.5. The van der Waals surface area contributed by atoms with Gasteiger partial charge in [-0.25, -0.2) is 0 Å². The number of hydrogen-bond donors (Lipinski definition) is 1. The van der Waals surface area contributed by atoms with E-state index in [9.17, 15) is 14.4 Å². The van der Waals surface area contributed by atoms with Gasteiger partial charge >= 0.3 is 0 Å². The predicted molar refractivity (Wildman–Crippen MR) is 138 cm³/mol. The number of benzene rings is 1. The number of fused-ring (bicyclic) bond motifs is 1. The molecule has 2 aliphatic carbocycles. The molecule has 1 N–H and O–H groups in total. The van der Waals surface area contributed by atoms with Crippen LogP contribution in [-0.4, -0.2) is 73.5 Å². The lowest BCUT2D eigenvalue weighted by molar-refractivity contribution is -0.135. The highest BCUT2D eigenvalue weighted by Gasteiger charge is 2.33. The Morgan fingerprint density at radius 1 is 1.11 bits per heavy atom. The first-order valence-corrected chi connectivity index (χ1v) is 13.4. The molecular weight excluding hydrogens is 458 g/mol. The fourth-order valence-electron chi connectivity index (χ4n) is 5.32. The number of carbonyl (C=O) groups excluding carboxylic acids is 3. The lowest BCUT2D eigenvalue weighted by Gasteiger charge is -2.36. The van der Waals surface area contributed by atoms with E-state index in [-0.39, 0.29) is 48.3 Å². The minimum atomic E-state index is -0.212. The molecule has 3 atom stereocenters. The summed E-state index contributed by atoms with van der Waals surface area (Å²) in [5.41, 5.74) is 1.05. The van der Waals surface area contributed by atoms with Gasteiger partial charge in [-0.15, -0.1) is 0 Å². The smallest absolute Gasteiger partial charge is 0.257 e. The summed E-state index contributed by atoms with van der Waals surface area (Å²) < 4.78 is 12.0. The number of nitrogens with one attached hydrogen (secondary N) is 1. The van der Waals surface area contributed by atoms with Gasteiger partial charge in [0.25, 0.3) is 5.91 Å². The molecular formula is C28H41N3O5. The molecule has 8 nitrogen and oxygen atoms in total. The lowest BCUT2D eigenvalue weighted by Crippen LogP contribution is -2.48. The standard InChI is InChI=1S/C28H41N3O5/c1-18-15-31(26(32)13-20-9-10-20)19(2)17-36-24-14-22(29-27(33)21-7-5-6-8-21)11-12-23(24)28(34)30(3)16-25(18)35-4/h11-12,14,18-21,25H,5-10,13,15-17H2,1-4H3,(H,29,33)/t18-,19+,25-/m1/s1. The van der Waals surface area contributed by atoms with Crippen LogP contribution in [-0.2, 0) is 14.3 Å². The summed E-state index contributed by atoms with van der Waals surface area (Å²) in [6.45, 7) is 5.25. The molecule has 3 aliphatic rings. The van der Waals surface area contributed by atoms with Crippen molar-refractivity contribution in [3.05, 3.63) is 23.8 Å². The van der Waals surface area contributed by atoms with Crippen molar-refractivity contribution in [3.63, 3.8) is 0 Å². The van der Waals surface area contributed by atoms with Crippen molar-refractivity contribution in [1.29, 1.82) is 0 Å². The van der Waals surface area contributed by atoms with Crippen LogP contribution >= 0.6 is 0 Å². The fourth-order valence-corrected chi connectivity index (χ4v) is 5.32. The maximum Gasteiger partial charge on any atom is 0.257 e. The summed E-state index contributed by atoms with van der Waals surface area (Å²) in [4.78, 5) is 42.8. The Hall–Kier alpha value is -2.61. The summed E-state index contributed by atoms with van der Waals surface area (Å²) in [6, 6.07) is 5.04. The molecule has 0 unspecified atom stereocenters. The summed E-state index contributed by atoms with van der Waals surface area (Å²) in [7, 11) is 3.41. The van der Waals surface area contributed by atoms with Crippen LogP contribution in [0.2, 0.25) is 0 Å². The zero-order valence-electron chi connectivity index (χ0n) is 22.1. The largest absolute Gasteiger partial charge is 0.491 e. The van der Waals surface area contributed by atoms with Crippen LogP contribution in [0.15, 0.2) is 18.2 Å². The molecule has 0 radical (unpaired) electrons. The van der Waals surface area contributed by atoms with E-state index in [1.54, 1.807) is 37.3 Å². The third kappa shape index (κ3) is 6.38. The molecule has 1 aliphatic heterocycles. The first-order valence-electron chi connectivity index (χ1n) is 13.4. The van der Waals surface area contributed by atoms with Crippen LogP contribution in [0.25, 0.3) is 0 Å². The van der Waals surface area contributed by atoms with Crippen LogP contribution in [0.3, 0.4) is 0 Å². The van der Waals surface area contributed by atoms with Crippen molar-refractivity contribution in [3.8, 4) is 5.75 Å². The van der Waals surface area contributed by atoms with Gasteiger partial charge in [0, 0.05) is 57.3 Å². The van der Waals surface area contributed by atoms with Gasteiger partial charge in [-0.2, -0.15) is 0 Å². The monoisotopic (exact) mass is 499 g/mol. The topological polar surface area (TPSA) is 88.2 Å². The van der Waals surface area contributed by atoms with Crippen LogP contribution in [0, 0.1) is 17.8 Å². The predicted octanol–water partition coefficient (Wildman–Crippen LogP) is 3.95. The second-order valence-corrected chi connectivity index (χ2v) is 11.0. The zero-order valence-corrected chi connectivity index (χ0v) is 22.1. The number of rotatable bonds is 5. The number of anilines is 1. The molecule has 198 valence electrons. The van der Waals surface area contributed by atoms with Gasteiger partial charge < -0.3 is 24.6 Å². The van der Waals surface area contributed by atoms with Crippen molar-refractivity contribution in [1.82, 2.24) is 9.80 Å². The summed E-state index contributed by atoms with van der Waals surface area (Å²) >= 11 is 0. The molecule has 0 bridgehead atoms. The Morgan fingerprint density at radius 2 is 1.83 bits per heavy atom. The number of ether oxygens (including phenoxy) is 2. The molecule has 0 spiro atoms. The van der Waals surface area contributed by atoms with Crippen molar-refractivity contribution < 1.29 is 23.9 Å². The van der Waals surface area contributed by atoms with Gasteiger partial charge in [0.1, 0.15) is 12.4 Å². The van der Waals surface area contributed by atoms with Gasteiger partial charge in [0.15, 0.2) is 0 Å². The maximum atomic E-state index is 13.4. The normalized spacial score (nSPS) is 26.0. The van der Waals surface area contributed by atoms with Crippen molar-refractivity contribution in [2.24, 2.45) is 17.8 Å². The summed E-state index contributed by atoms with van der Waals surface area (Å²) in [6.07, 6.45) is 6.60. The summed E-state index contributed by atoms with van der Waals surface area (Å²) in [5.74, 6) is 1.00. The SMILES string of the molecule is CO[C@@H]1CN(C)C(=O)c2ccc(NC(=O)C3CCCC3)cc2OC[C@H](C)N(C(=O)CC2CC2)C[C@H]1C. The average molecular weight is 500 g/mol. The zero-order chi connectivity index (χ0) is 25.8. The maximum absolute atomic E-state index is 13.4. The minimum Gasteiger partial charge on any atom is -0.491 e. The van der Waals surface area contributed by atoms with E-state index in [2.05, 4.69) is 12.2 Å². The van der Waals surface area contributed by atoms with Gasteiger partial charge in [-0.1, -0.05) is 19.8 Å². The number of hydrogen-bond acceptors (Lipinski definition) is 5. The number of amides is 3. The highest BCUT2D eigenvalue weighted by molar-refractivity contribution is 5.98. The Balaban J connectivity index is 1.59. The van der Waals surface area contributed by atoms with E-state index in [1.807, 2.05) is 11.8 Å².